The predicted molar refractivity (Wildman–Crippen MR) is 86.1 cm³/mol. The zero-order chi connectivity index (χ0) is 13.9. The van der Waals surface area contributed by atoms with E-state index in [1.807, 2.05) is 0 Å². The standard InChI is InChI=1S/C16H26BrN3/c1-13-7-9-19(16(13)11-17)12-14-8-10-20(18-14)15-5-3-2-4-6-15/h8,10,13,15-16H,2-7,9,11-12H2,1H3. The Morgan fingerprint density at radius 3 is 2.80 bits per heavy atom. The molecule has 4 heteroatoms. The van der Waals surface area contributed by atoms with Crippen molar-refractivity contribution < 1.29 is 0 Å². The van der Waals surface area contributed by atoms with Crippen molar-refractivity contribution in [3.05, 3.63) is 18.0 Å². The van der Waals surface area contributed by atoms with Crippen LogP contribution in [0.25, 0.3) is 0 Å². The molecule has 3 nitrogen and oxygen atoms in total. The summed E-state index contributed by atoms with van der Waals surface area (Å²) < 4.78 is 2.23. The number of hydrogen-bond acceptors (Lipinski definition) is 2. The summed E-state index contributed by atoms with van der Waals surface area (Å²) in [6.07, 6.45) is 10.3. The highest BCUT2D eigenvalue weighted by Gasteiger charge is 2.30. The van der Waals surface area contributed by atoms with Crippen molar-refractivity contribution in [2.45, 2.75) is 64.1 Å². The van der Waals surface area contributed by atoms with Gasteiger partial charge in [-0.3, -0.25) is 9.58 Å². The number of rotatable bonds is 4. The summed E-state index contributed by atoms with van der Waals surface area (Å²) in [5.41, 5.74) is 1.25. The van der Waals surface area contributed by atoms with E-state index in [1.54, 1.807) is 0 Å². The second-order valence-electron chi connectivity index (χ2n) is 6.54. The summed E-state index contributed by atoms with van der Waals surface area (Å²) in [6, 6.07) is 3.56. The van der Waals surface area contributed by atoms with E-state index in [0.717, 1.165) is 17.8 Å². The molecule has 0 amide bonds. The van der Waals surface area contributed by atoms with Gasteiger partial charge in [0.25, 0.3) is 0 Å². The largest absolute Gasteiger partial charge is 0.293 e. The number of halogens is 1. The van der Waals surface area contributed by atoms with Gasteiger partial charge in [-0.15, -0.1) is 0 Å². The van der Waals surface area contributed by atoms with Crippen LogP contribution in [0.2, 0.25) is 0 Å². The fourth-order valence-corrected chi connectivity index (χ4v) is 4.80. The second kappa shape index (κ2) is 6.61. The van der Waals surface area contributed by atoms with E-state index in [0.29, 0.717) is 12.1 Å². The predicted octanol–water partition coefficient (Wildman–Crippen LogP) is 3.99. The highest BCUT2D eigenvalue weighted by Crippen LogP contribution is 2.29. The van der Waals surface area contributed by atoms with Crippen molar-refractivity contribution >= 4 is 15.9 Å². The summed E-state index contributed by atoms with van der Waals surface area (Å²) in [6.45, 7) is 4.60. The Morgan fingerprint density at radius 2 is 2.05 bits per heavy atom. The molecule has 0 spiro atoms. The minimum atomic E-state index is 0.655. The molecule has 3 rings (SSSR count). The van der Waals surface area contributed by atoms with Crippen molar-refractivity contribution in [1.29, 1.82) is 0 Å². The van der Waals surface area contributed by atoms with Crippen LogP contribution in [0.3, 0.4) is 0 Å². The number of likely N-dealkylation sites (tertiary alicyclic amines) is 1. The average Bonchev–Trinajstić information content (AvgIpc) is 3.08. The molecule has 2 heterocycles. The Bertz CT molecular complexity index is 425. The highest BCUT2D eigenvalue weighted by atomic mass is 79.9. The van der Waals surface area contributed by atoms with Crippen LogP contribution in [0.1, 0.15) is 57.2 Å². The van der Waals surface area contributed by atoms with Crippen molar-refractivity contribution in [3.8, 4) is 0 Å². The molecule has 0 radical (unpaired) electrons. The zero-order valence-corrected chi connectivity index (χ0v) is 14.1. The van der Waals surface area contributed by atoms with Gasteiger partial charge in [0.15, 0.2) is 0 Å². The molecule has 2 unspecified atom stereocenters. The number of aromatic nitrogens is 2. The van der Waals surface area contributed by atoms with Crippen LogP contribution in [-0.4, -0.2) is 32.6 Å². The maximum absolute atomic E-state index is 4.85. The molecule has 1 saturated carbocycles. The highest BCUT2D eigenvalue weighted by molar-refractivity contribution is 9.09. The average molecular weight is 340 g/mol. The molecule has 1 aliphatic heterocycles. The Balaban J connectivity index is 1.62. The molecule has 0 bridgehead atoms. The molecule has 1 aliphatic carbocycles. The fourth-order valence-electron chi connectivity index (χ4n) is 3.75. The first-order valence-electron chi connectivity index (χ1n) is 8.12. The van der Waals surface area contributed by atoms with Gasteiger partial charge in [0, 0.05) is 24.1 Å². The SMILES string of the molecule is CC1CCN(Cc2ccn(C3CCCCC3)n2)C1CBr. The van der Waals surface area contributed by atoms with E-state index in [1.165, 1.54) is 50.8 Å². The van der Waals surface area contributed by atoms with Gasteiger partial charge in [-0.05, 0) is 37.8 Å². The summed E-state index contributed by atoms with van der Waals surface area (Å²) in [7, 11) is 0. The van der Waals surface area contributed by atoms with E-state index < -0.39 is 0 Å². The normalized spacial score (nSPS) is 29.1. The summed E-state index contributed by atoms with van der Waals surface area (Å²) in [4.78, 5) is 2.59. The summed E-state index contributed by atoms with van der Waals surface area (Å²) in [5.74, 6) is 0.801. The van der Waals surface area contributed by atoms with Gasteiger partial charge in [-0.25, -0.2) is 0 Å². The van der Waals surface area contributed by atoms with Crippen LogP contribution in [0.15, 0.2) is 12.3 Å². The van der Waals surface area contributed by atoms with Gasteiger partial charge in [0.2, 0.25) is 0 Å². The van der Waals surface area contributed by atoms with E-state index in [-0.39, 0.29) is 0 Å². The molecule has 112 valence electrons. The Hall–Kier alpha value is -0.350. The topological polar surface area (TPSA) is 21.1 Å². The van der Waals surface area contributed by atoms with Gasteiger partial charge in [-0.1, -0.05) is 42.1 Å². The minimum Gasteiger partial charge on any atom is -0.293 e. The number of hydrogen-bond donors (Lipinski definition) is 0. The smallest absolute Gasteiger partial charge is 0.0765 e. The molecule has 2 atom stereocenters. The molecule has 0 N–H and O–H groups in total. The Morgan fingerprint density at radius 1 is 1.25 bits per heavy atom. The van der Waals surface area contributed by atoms with Gasteiger partial charge in [0.1, 0.15) is 0 Å². The molecule has 20 heavy (non-hydrogen) atoms. The first-order valence-corrected chi connectivity index (χ1v) is 9.24. The van der Waals surface area contributed by atoms with Crippen molar-refractivity contribution in [1.82, 2.24) is 14.7 Å². The molecular weight excluding hydrogens is 314 g/mol. The van der Waals surface area contributed by atoms with E-state index in [2.05, 4.69) is 44.7 Å². The third-order valence-electron chi connectivity index (χ3n) is 5.13. The lowest BCUT2D eigenvalue weighted by atomic mass is 9.96. The number of alkyl halides is 1. The third kappa shape index (κ3) is 3.11. The van der Waals surface area contributed by atoms with E-state index in [4.69, 9.17) is 5.10 Å². The zero-order valence-electron chi connectivity index (χ0n) is 12.5. The van der Waals surface area contributed by atoms with Gasteiger partial charge in [-0.2, -0.15) is 5.10 Å². The van der Waals surface area contributed by atoms with Crippen LogP contribution < -0.4 is 0 Å². The van der Waals surface area contributed by atoms with Crippen molar-refractivity contribution in [2.24, 2.45) is 5.92 Å². The lowest BCUT2D eigenvalue weighted by Crippen LogP contribution is -2.33. The first-order chi connectivity index (χ1) is 9.78. The van der Waals surface area contributed by atoms with Crippen LogP contribution in [-0.2, 0) is 6.54 Å². The third-order valence-corrected chi connectivity index (χ3v) is 5.80. The molecule has 0 aromatic carbocycles. The maximum atomic E-state index is 4.85. The van der Waals surface area contributed by atoms with E-state index >= 15 is 0 Å². The van der Waals surface area contributed by atoms with Crippen LogP contribution in [0.4, 0.5) is 0 Å². The Kier molecular flexibility index (Phi) is 4.82. The lowest BCUT2D eigenvalue weighted by Gasteiger charge is -2.24. The fraction of sp³-hybridized carbons (Fsp3) is 0.812. The Labute approximate surface area is 130 Å². The minimum absolute atomic E-state index is 0.655. The van der Waals surface area contributed by atoms with Crippen molar-refractivity contribution in [3.63, 3.8) is 0 Å². The molecule has 1 aromatic heterocycles. The maximum Gasteiger partial charge on any atom is 0.0765 e. The van der Waals surface area contributed by atoms with Gasteiger partial charge >= 0.3 is 0 Å². The van der Waals surface area contributed by atoms with Crippen LogP contribution >= 0.6 is 15.9 Å². The van der Waals surface area contributed by atoms with E-state index in [9.17, 15) is 0 Å². The number of nitrogens with zero attached hydrogens (tertiary/aromatic N) is 3. The van der Waals surface area contributed by atoms with Crippen LogP contribution in [0, 0.1) is 5.92 Å². The molecule has 2 fully saturated rings. The monoisotopic (exact) mass is 339 g/mol. The van der Waals surface area contributed by atoms with Crippen molar-refractivity contribution in [2.75, 3.05) is 11.9 Å². The first kappa shape index (κ1) is 14.6. The molecule has 1 aromatic rings. The quantitative estimate of drug-likeness (QED) is 0.773. The second-order valence-corrected chi connectivity index (χ2v) is 7.18. The van der Waals surface area contributed by atoms with Gasteiger partial charge < -0.3 is 0 Å². The summed E-state index contributed by atoms with van der Waals surface area (Å²) >= 11 is 3.67. The van der Waals surface area contributed by atoms with Crippen LogP contribution in [0.5, 0.6) is 0 Å². The molecule has 2 aliphatic rings. The molecular formula is C16H26BrN3. The lowest BCUT2D eigenvalue weighted by molar-refractivity contribution is 0.239. The molecule has 1 saturated heterocycles. The summed E-state index contributed by atoms with van der Waals surface area (Å²) in [5, 5.41) is 5.93. The van der Waals surface area contributed by atoms with Gasteiger partial charge in [0.05, 0.1) is 11.7 Å².